The van der Waals surface area contributed by atoms with Gasteiger partial charge in [0.1, 0.15) is 18.0 Å². The largest absolute Gasteiger partial charge is 0.363 e. The van der Waals surface area contributed by atoms with Crippen molar-refractivity contribution in [2.75, 3.05) is 23.3 Å². The van der Waals surface area contributed by atoms with Gasteiger partial charge in [0.05, 0.1) is 17.6 Å². The van der Waals surface area contributed by atoms with Crippen molar-refractivity contribution < 1.29 is 0 Å². The summed E-state index contributed by atoms with van der Waals surface area (Å²) in [6.07, 6.45) is 5.19. The highest BCUT2D eigenvalue weighted by atomic mass is 15.3. The van der Waals surface area contributed by atoms with Gasteiger partial charge in [-0.05, 0) is 12.1 Å². The fourth-order valence-electron chi connectivity index (χ4n) is 2.57. The predicted octanol–water partition coefficient (Wildman–Crippen LogP) is 1.06. The lowest BCUT2D eigenvalue weighted by molar-refractivity contribution is 0.544. The Bertz CT molecular complexity index is 761. The molecule has 7 nitrogen and oxygen atoms in total. The SMILES string of the molecule is Cn1ncc2c(NC3CN(c4ccccn4)C3)ncnc21. The average Bonchev–Trinajstić information content (AvgIpc) is 2.86. The van der Waals surface area contributed by atoms with Crippen LogP contribution >= 0.6 is 0 Å². The second kappa shape index (κ2) is 4.69. The third kappa shape index (κ3) is 2.06. The highest BCUT2D eigenvalue weighted by Gasteiger charge is 2.28. The van der Waals surface area contributed by atoms with Crippen molar-refractivity contribution in [3.05, 3.63) is 36.9 Å². The van der Waals surface area contributed by atoms with Crippen molar-refractivity contribution in [2.24, 2.45) is 7.05 Å². The lowest BCUT2D eigenvalue weighted by Crippen LogP contribution is -2.55. The Labute approximate surface area is 121 Å². The van der Waals surface area contributed by atoms with Crippen LogP contribution in [-0.2, 0) is 7.05 Å². The Morgan fingerprint density at radius 3 is 2.90 bits per heavy atom. The minimum absolute atomic E-state index is 0.366. The van der Waals surface area contributed by atoms with Crippen LogP contribution in [0.15, 0.2) is 36.9 Å². The molecule has 0 saturated carbocycles. The molecule has 0 aromatic carbocycles. The molecule has 3 aromatic heterocycles. The van der Waals surface area contributed by atoms with Gasteiger partial charge in [-0.15, -0.1) is 0 Å². The molecule has 7 heteroatoms. The molecule has 4 rings (SSSR count). The van der Waals surface area contributed by atoms with Crippen LogP contribution in [0.5, 0.6) is 0 Å². The van der Waals surface area contributed by atoms with Crippen LogP contribution in [0, 0.1) is 0 Å². The molecular weight excluding hydrogens is 266 g/mol. The van der Waals surface area contributed by atoms with Gasteiger partial charge >= 0.3 is 0 Å². The van der Waals surface area contributed by atoms with E-state index in [1.54, 1.807) is 17.2 Å². The van der Waals surface area contributed by atoms with E-state index in [0.717, 1.165) is 35.8 Å². The number of hydrogen-bond donors (Lipinski definition) is 1. The van der Waals surface area contributed by atoms with E-state index in [9.17, 15) is 0 Å². The Kier molecular flexibility index (Phi) is 2.70. The first-order chi connectivity index (χ1) is 10.3. The molecule has 0 unspecified atom stereocenters. The van der Waals surface area contributed by atoms with Crippen molar-refractivity contribution in [3.63, 3.8) is 0 Å². The number of pyridine rings is 1. The molecule has 1 saturated heterocycles. The van der Waals surface area contributed by atoms with Crippen LogP contribution in [0.3, 0.4) is 0 Å². The fraction of sp³-hybridized carbons (Fsp3) is 0.286. The van der Waals surface area contributed by atoms with Crippen LogP contribution in [0.4, 0.5) is 11.6 Å². The van der Waals surface area contributed by atoms with Gasteiger partial charge in [-0.1, -0.05) is 6.07 Å². The molecule has 0 bridgehead atoms. The smallest absolute Gasteiger partial charge is 0.163 e. The number of hydrogen-bond acceptors (Lipinski definition) is 6. The molecule has 106 valence electrons. The lowest BCUT2D eigenvalue weighted by atomic mass is 10.1. The Hall–Kier alpha value is -2.70. The molecule has 1 aliphatic heterocycles. The zero-order valence-corrected chi connectivity index (χ0v) is 11.6. The summed E-state index contributed by atoms with van der Waals surface area (Å²) in [6.45, 7) is 1.84. The quantitative estimate of drug-likeness (QED) is 0.774. The molecule has 0 spiro atoms. The van der Waals surface area contributed by atoms with Crippen molar-refractivity contribution in [3.8, 4) is 0 Å². The average molecular weight is 281 g/mol. The van der Waals surface area contributed by atoms with Crippen molar-refractivity contribution in [1.82, 2.24) is 24.7 Å². The van der Waals surface area contributed by atoms with Crippen LogP contribution in [-0.4, -0.2) is 43.9 Å². The summed E-state index contributed by atoms with van der Waals surface area (Å²) in [7, 11) is 1.88. The third-order valence-electron chi connectivity index (χ3n) is 3.73. The number of nitrogens with one attached hydrogen (secondary N) is 1. The maximum Gasteiger partial charge on any atom is 0.163 e. The van der Waals surface area contributed by atoms with E-state index >= 15 is 0 Å². The zero-order chi connectivity index (χ0) is 14.2. The van der Waals surface area contributed by atoms with E-state index in [1.807, 2.05) is 31.4 Å². The number of fused-ring (bicyclic) bond motifs is 1. The molecular formula is C14H15N7. The maximum absolute atomic E-state index is 4.35. The number of anilines is 2. The number of rotatable bonds is 3. The summed E-state index contributed by atoms with van der Waals surface area (Å²) in [5.74, 6) is 1.86. The molecule has 1 aliphatic rings. The van der Waals surface area contributed by atoms with Gasteiger partial charge in [0, 0.05) is 26.3 Å². The van der Waals surface area contributed by atoms with E-state index in [0.29, 0.717) is 6.04 Å². The van der Waals surface area contributed by atoms with Crippen LogP contribution in [0.1, 0.15) is 0 Å². The fourth-order valence-corrected chi connectivity index (χ4v) is 2.57. The number of nitrogens with zero attached hydrogens (tertiary/aromatic N) is 6. The number of aromatic nitrogens is 5. The first kappa shape index (κ1) is 12.1. The van der Waals surface area contributed by atoms with Crippen molar-refractivity contribution >= 4 is 22.7 Å². The second-order valence-electron chi connectivity index (χ2n) is 5.16. The van der Waals surface area contributed by atoms with Crippen molar-refractivity contribution in [1.29, 1.82) is 0 Å². The standard InChI is InChI=1S/C14H15N7/c1-20-14-11(6-18-20)13(16-9-17-14)19-10-7-21(8-10)12-4-2-3-5-15-12/h2-6,9-10H,7-8H2,1H3,(H,16,17,19). The van der Waals surface area contributed by atoms with E-state index < -0.39 is 0 Å². The minimum Gasteiger partial charge on any atom is -0.363 e. The minimum atomic E-state index is 0.366. The summed E-state index contributed by atoms with van der Waals surface area (Å²) < 4.78 is 1.75. The molecule has 1 fully saturated rings. The van der Waals surface area contributed by atoms with Crippen LogP contribution in [0.25, 0.3) is 11.0 Å². The van der Waals surface area contributed by atoms with Crippen molar-refractivity contribution in [2.45, 2.75) is 6.04 Å². The summed E-state index contributed by atoms with van der Waals surface area (Å²) in [5.41, 5.74) is 0.841. The van der Waals surface area contributed by atoms with Gasteiger partial charge in [-0.25, -0.2) is 15.0 Å². The molecule has 21 heavy (non-hydrogen) atoms. The Balaban J connectivity index is 1.48. The molecule has 0 aliphatic carbocycles. The Morgan fingerprint density at radius 2 is 2.10 bits per heavy atom. The summed E-state index contributed by atoms with van der Waals surface area (Å²) >= 11 is 0. The van der Waals surface area contributed by atoms with E-state index in [1.165, 1.54) is 0 Å². The summed E-state index contributed by atoms with van der Waals surface area (Å²) in [6, 6.07) is 6.33. The monoisotopic (exact) mass is 281 g/mol. The summed E-state index contributed by atoms with van der Waals surface area (Å²) in [4.78, 5) is 15.2. The van der Waals surface area contributed by atoms with Gasteiger partial charge in [0.15, 0.2) is 5.65 Å². The Morgan fingerprint density at radius 1 is 1.19 bits per heavy atom. The molecule has 3 aromatic rings. The van der Waals surface area contributed by atoms with Gasteiger partial charge in [-0.2, -0.15) is 5.10 Å². The maximum atomic E-state index is 4.35. The van der Waals surface area contributed by atoms with Gasteiger partial charge < -0.3 is 10.2 Å². The highest BCUT2D eigenvalue weighted by Crippen LogP contribution is 2.23. The molecule has 0 radical (unpaired) electrons. The summed E-state index contributed by atoms with van der Waals surface area (Å²) in [5, 5.41) is 8.64. The molecule has 4 heterocycles. The van der Waals surface area contributed by atoms with E-state index in [2.05, 4.69) is 30.3 Å². The predicted molar refractivity (Wildman–Crippen MR) is 80.2 cm³/mol. The second-order valence-corrected chi connectivity index (χ2v) is 5.16. The molecule has 1 N–H and O–H groups in total. The first-order valence-corrected chi connectivity index (χ1v) is 6.86. The van der Waals surface area contributed by atoms with Crippen LogP contribution < -0.4 is 10.2 Å². The number of aryl methyl sites for hydroxylation is 1. The zero-order valence-electron chi connectivity index (χ0n) is 11.6. The van der Waals surface area contributed by atoms with E-state index in [4.69, 9.17) is 0 Å². The topological polar surface area (TPSA) is 71.8 Å². The van der Waals surface area contributed by atoms with Gasteiger partial charge in [0.25, 0.3) is 0 Å². The third-order valence-corrected chi connectivity index (χ3v) is 3.73. The normalized spacial score (nSPS) is 15.2. The van der Waals surface area contributed by atoms with Crippen LogP contribution in [0.2, 0.25) is 0 Å². The highest BCUT2D eigenvalue weighted by molar-refractivity contribution is 5.86. The molecule has 0 atom stereocenters. The molecule has 0 amide bonds. The van der Waals surface area contributed by atoms with Gasteiger partial charge in [0.2, 0.25) is 0 Å². The van der Waals surface area contributed by atoms with E-state index in [-0.39, 0.29) is 0 Å². The van der Waals surface area contributed by atoms with Gasteiger partial charge in [-0.3, -0.25) is 4.68 Å². The first-order valence-electron chi connectivity index (χ1n) is 6.86. The lowest BCUT2D eigenvalue weighted by Gasteiger charge is -2.40.